The monoisotopic (exact) mass is 237 g/mol. The Balaban J connectivity index is 2.57. The predicted molar refractivity (Wildman–Crippen MR) is 58.5 cm³/mol. The summed E-state index contributed by atoms with van der Waals surface area (Å²) in [5, 5.41) is 3.63. The van der Waals surface area contributed by atoms with Crippen LogP contribution >= 0.6 is 0 Å². The van der Waals surface area contributed by atoms with E-state index in [9.17, 15) is 8.42 Å². The van der Waals surface area contributed by atoms with Crippen LogP contribution in [0.1, 0.15) is 11.1 Å². The third-order valence-electron chi connectivity index (χ3n) is 2.42. The van der Waals surface area contributed by atoms with Crippen molar-refractivity contribution in [3.63, 3.8) is 0 Å². The first-order chi connectivity index (χ1) is 7.51. The fourth-order valence-corrected chi connectivity index (χ4v) is 2.43. The first-order valence-corrected chi connectivity index (χ1v) is 6.13. The Labute approximate surface area is 93.8 Å². The summed E-state index contributed by atoms with van der Waals surface area (Å²) in [7, 11) is -3.59. The topological polar surface area (TPSA) is 64.8 Å². The summed E-state index contributed by atoms with van der Waals surface area (Å²) in [6, 6.07) is 4.98. The molecule has 0 aliphatic rings. The molecule has 2 aromatic rings. The largest absolute Gasteiger partial charge is 0.284 e. The minimum atomic E-state index is -3.59. The van der Waals surface area contributed by atoms with Gasteiger partial charge >= 0.3 is 0 Å². The van der Waals surface area contributed by atoms with Crippen LogP contribution in [0.5, 0.6) is 0 Å². The van der Waals surface area contributed by atoms with E-state index in [1.54, 1.807) is 18.2 Å². The molecule has 2 rings (SSSR count). The van der Waals surface area contributed by atoms with Gasteiger partial charge in [-0.1, -0.05) is 6.07 Å². The second kappa shape index (κ2) is 3.71. The Kier molecular flexibility index (Phi) is 2.51. The molecular weight excluding hydrogens is 226 g/mol. The van der Waals surface area contributed by atoms with Crippen LogP contribution in [-0.4, -0.2) is 22.6 Å². The molecule has 16 heavy (non-hydrogen) atoms. The van der Waals surface area contributed by atoms with Crippen LogP contribution in [0.25, 0.3) is 0 Å². The summed E-state index contributed by atoms with van der Waals surface area (Å²) in [5.74, 6) is 0. The van der Waals surface area contributed by atoms with E-state index in [-0.39, 0.29) is 4.90 Å². The second-order valence-electron chi connectivity index (χ2n) is 3.52. The highest BCUT2D eigenvalue weighted by molar-refractivity contribution is 7.89. The van der Waals surface area contributed by atoms with Crippen LogP contribution in [0.3, 0.4) is 0 Å². The number of aryl methyl sites for hydroxylation is 2. The molecule has 0 aliphatic heterocycles. The maximum Gasteiger partial charge on any atom is 0.284 e. The lowest BCUT2D eigenvalue weighted by atomic mass is 10.1. The van der Waals surface area contributed by atoms with E-state index >= 15 is 0 Å². The van der Waals surface area contributed by atoms with Crippen LogP contribution in [0.2, 0.25) is 0 Å². The molecule has 0 saturated heterocycles. The van der Waals surface area contributed by atoms with E-state index in [1.807, 2.05) is 13.8 Å². The summed E-state index contributed by atoms with van der Waals surface area (Å²) >= 11 is 0. The van der Waals surface area contributed by atoms with Crippen molar-refractivity contribution in [1.82, 2.24) is 14.2 Å². The normalized spacial score (nSPS) is 11.6. The molecule has 0 fully saturated rings. The van der Waals surface area contributed by atoms with Crippen LogP contribution in [0.4, 0.5) is 0 Å². The van der Waals surface area contributed by atoms with Crippen molar-refractivity contribution in [3.05, 3.63) is 42.0 Å². The Morgan fingerprint density at radius 1 is 1.19 bits per heavy atom. The summed E-state index contributed by atoms with van der Waals surface area (Å²) in [5.41, 5.74) is 1.98. The van der Waals surface area contributed by atoms with Gasteiger partial charge in [0.2, 0.25) is 0 Å². The fraction of sp³-hybridized carbons (Fsp3) is 0.200. The molecule has 84 valence electrons. The Hall–Kier alpha value is -1.69. The minimum absolute atomic E-state index is 0.223. The highest BCUT2D eigenvalue weighted by Crippen LogP contribution is 2.16. The third-order valence-corrected chi connectivity index (χ3v) is 3.95. The molecule has 0 atom stereocenters. The number of benzene rings is 1. The second-order valence-corrected chi connectivity index (χ2v) is 5.31. The van der Waals surface area contributed by atoms with E-state index in [4.69, 9.17) is 0 Å². The van der Waals surface area contributed by atoms with Gasteiger partial charge in [0.25, 0.3) is 10.0 Å². The zero-order chi connectivity index (χ0) is 11.8. The van der Waals surface area contributed by atoms with Gasteiger partial charge in [0.1, 0.15) is 12.7 Å². The molecule has 0 amide bonds. The molecule has 5 nitrogen and oxygen atoms in total. The minimum Gasteiger partial charge on any atom is -0.222 e. The van der Waals surface area contributed by atoms with E-state index < -0.39 is 10.0 Å². The van der Waals surface area contributed by atoms with Gasteiger partial charge in [-0.05, 0) is 37.1 Å². The van der Waals surface area contributed by atoms with Gasteiger partial charge < -0.3 is 0 Å². The maximum atomic E-state index is 12.0. The highest BCUT2D eigenvalue weighted by Gasteiger charge is 2.17. The Morgan fingerprint density at radius 2 is 1.94 bits per heavy atom. The van der Waals surface area contributed by atoms with Crippen molar-refractivity contribution < 1.29 is 8.42 Å². The molecule has 0 bridgehead atoms. The van der Waals surface area contributed by atoms with Gasteiger partial charge in [-0.2, -0.15) is 8.42 Å². The van der Waals surface area contributed by atoms with Crippen molar-refractivity contribution in [2.45, 2.75) is 18.7 Å². The zero-order valence-corrected chi connectivity index (χ0v) is 9.77. The molecule has 0 saturated carbocycles. The molecule has 0 N–H and O–H groups in total. The van der Waals surface area contributed by atoms with E-state index in [1.165, 1.54) is 12.7 Å². The lowest BCUT2D eigenvalue weighted by Crippen LogP contribution is -2.13. The van der Waals surface area contributed by atoms with Gasteiger partial charge in [-0.3, -0.25) is 0 Å². The van der Waals surface area contributed by atoms with Gasteiger partial charge in [0.05, 0.1) is 4.90 Å². The number of nitrogens with zero attached hydrogens (tertiary/aromatic N) is 3. The predicted octanol–water partition coefficient (Wildman–Crippen LogP) is 1.13. The van der Waals surface area contributed by atoms with E-state index in [2.05, 4.69) is 10.1 Å². The van der Waals surface area contributed by atoms with Gasteiger partial charge in [0.15, 0.2) is 0 Å². The first-order valence-electron chi connectivity index (χ1n) is 4.69. The summed E-state index contributed by atoms with van der Waals surface area (Å²) in [4.78, 5) is 3.85. The molecule has 0 unspecified atom stereocenters. The van der Waals surface area contributed by atoms with Crippen LogP contribution in [0, 0.1) is 13.8 Å². The molecule has 1 aromatic heterocycles. The highest BCUT2D eigenvalue weighted by atomic mass is 32.2. The van der Waals surface area contributed by atoms with Gasteiger partial charge in [-0.25, -0.2) is 4.98 Å². The summed E-state index contributed by atoms with van der Waals surface area (Å²) in [6.07, 6.45) is 2.36. The molecule has 1 heterocycles. The molecule has 0 aliphatic carbocycles. The first kappa shape index (κ1) is 10.8. The van der Waals surface area contributed by atoms with E-state index in [0.717, 1.165) is 15.2 Å². The average Bonchev–Trinajstić information content (AvgIpc) is 2.75. The van der Waals surface area contributed by atoms with Crippen molar-refractivity contribution in [2.75, 3.05) is 0 Å². The standard InChI is InChI=1S/C10H11N3O2S/c1-8-3-4-10(5-9(8)2)16(14,15)13-7-11-6-12-13/h3-7H,1-2H3. The summed E-state index contributed by atoms with van der Waals surface area (Å²) < 4.78 is 24.9. The average molecular weight is 237 g/mol. The number of hydrogen-bond donors (Lipinski definition) is 0. The Morgan fingerprint density at radius 3 is 2.50 bits per heavy atom. The van der Waals surface area contributed by atoms with Crippen molar-refractivity contribution in [2.24, 2.45) is 0 Å². The maximum absolute atomic E-state index is 12.0. The molecule has 0 spiro atoms. The number of hydrogen-bond acceptors (Lipinski definition) is 4. The quantitative estimate of drug-likeness (QED) is 0.785. The zero-order valence-electron chi connectivity index (χ0n) is 8.95. The molecular formula is C10H11N3O2S. The third kappa shape index (κ3) is 1.71. The number of rotatable bonds is 2. The van der Waals surface area contributed by atoms with E-state index in [0.29, 0.717) is 0 Å². The van der Waals surface area contributed by atoms with Crippen LogP contribution in [0.15, 0.2) is 35.7 Å². The van der Waals surface area contributed by atoms with Gasteiger partial charge in [0, 0.05) is 0 Å². The number of aromatic nitrogens is 3. The van der Waals surface area contributed by atoms with Crippen molar-refractivity contribution in [1.29, 1.82) is 0 Å². The van der Waals surface area contributed by atoms with Gasteiger partial charge in [-0.15, -0.1) is 9.19 Å². The fourth-order valence-electron chi connectivity index (χ4n) is 1.30. The molecule has 6 heteroatoms. The lowest BCUT2D eigenvalue weighted by Gasteiger charge is -2.05. The van der Waals surface area contributed by atoms with Crippen LogP contribution in [-0.2, 0) is 10.0 Å². The van der Waals surface area contributed by atoms with Crippen LogP contribution < -0.4 is 0 Å². The Bertz CT molecular complexity index is 603. The SMILES string of the molecule is Cc1ccc(S(=O)(=O)n2cncn2)cc1C. The summed E-state index contributed by atoms with van der Waals surface area (Å²) in [6.45, 7) is 3.80. The van der Waals surface area contributed by atoms with Crippen molar-refractivity contribution in [3.8, 4) is 0 Å². The molecule has 1 aromatic carbocycles. The lowest BCUT2D eigenvalue weighted by molar-refractivity contribution is 0.580. The van der Waals surface area contributed by atoms with Crippen molar-refractivity contribution >= 4 is 10.0 Å². The molecule has 0 radical (unpaired) electrons. The smallest absolute Gasteiger partial charge is 0.222 e.